The van der Waals surface area contributed by atoms with Crippen LogP contribution in [0.3, 0.4) is 0 Å². The van der Waals surface area contributed by atoms with Gasteiger partial charge in [0.2, 0.25) is 5.95 Å². The van der Waals surface area contributed by atoms with Crippen LogP contribution in [-0.2, 0) is 11.0 Å². The molecular weight excluding hydrogens is 442 g/mol. The molecule has 1 aliphatic rings. The van der Waals surface area contributed by atoms with E-state index in [1.807, 2.05) is 6.08 Å². The summed E-state index contributed by atoms with van der Waals surface area (Å²) in [6.45, 7) is 0.493. The Morgan fingerprint density at radius 1 is 1.21 bits per heavy atom. The topological polar surface area (TPSA) is 82.3 Å². The number of aromatic nitrogens is 2. The second-order valence-electron chi connectivity index (χ2n) is 7.28. The predicted octanol–water partition coefficient (Wildman–Crippen LogP) is 4.30. The quantitative estimate of drug-likeness (QED) is 0.494. The molecule has 1 amide bonds. The normalized spacial score (nSPS) is 14.1. The number of alkyl halides is 3. The van der Waals surface area contributed by atoms with E-state index >= 15 is 0 Å². The lowest BCUT2D eigenvalue weighted by Gasteiger charge is -2.24. The number of fused-ring (bicyclic) bond motifs is 1. The first-order valence-corrected chi connectivity index (χ1v) is 9.80. The van der Waals surface area contributed by atoms with Gasteiger partial charge in [0.05, 0.1) is 16.6 Å². The van der Waals surface area contributed by atoms with Crippen molar-refractivity contribution in [3.05, 3.63) is 71.4 Å². The van der Waals surface area contributed by atoms with E-state index in [-0.39, 0.29) is 17.5 Å². The zero-order chi connectivity index (χ0) is 23.8. The number of anilines is 2. The van der Waals surface area contributed by atoms with Crippen LogP contribution in [-0.4, -0.2) is 41.4 Å². The van der Waals surface area contributed by atoms with Crippen molar-refractivity contribution in [2.45, 2.75) is 6.18 Å². The summed E-state index contributed by atoms with van der Waals surface area (Å²) in [5.41, 5.74) is 0.234. The van der Waals surface area contributed by atoms with Crippen LogP contribution in [0, 0.1) is 5.82 Å². The molecule has 0 saturated heterocycles. The number of imidazole rings is 1. The minimum absolute atomic E-state index is 0.0302. The summed E-state index contributed by atoms with van der Waals surface area (Å²) in [7, 11) is 3.34. The second kappa shape index (κ2) is 8.49. The predicted molar refractivity (Wildman–Crippen MR) is 114 cm³/mol. The third-order valence-electron chi connectivity index (χ3n) is 4.94. The number of hydrogen-bond donors (Lipinski definition) is 3. The molecule has 2 aromatic carbocycles. The average Bonchev–Trinajstić information content (AvgIpc) is 3.16. The molecule has 3 aromatic rings. The Hall–Kier alpha value is -4.02. The lowest BCUT2D eigenvalue weighted by molar-refractivity contribution is -0.139. The summed E-state index contributed by atoms with van der Waals surface area (Å²) >= 11 is 0. The van der Waals surface area contributed by atoms with Crippen LogP contribution in [0.15, 0.2) is 60.0 Å². The van der Waals surface area contributed by atoms with Crippen molar-refractivity contribution in [1.82, 2.24) is 20.2 Å². The molecule has 0 fully saturated rings. The molecule has 3 N–H and O–H groups in total. The van der Waals surface area contributed by atoms with Crippen molar-refractivity contribution in [3.63, 3.8) is 0 Å². The summed E-state index contributed by atoms with van der Waals surface area (Å²) in [5, 5.41) is 5.29. The highest BCUT2D eigenvalue weighted by molar-refractivity contribution is 5.93. The fourth-order valence-electron chi connectivity index (χ4n) is 3.27. The fraction of sp³-hybridized carbons (Fsp3) is 0.182. The number of carbonyl (C=O) groups is 1. The molecule has 0 atom stereocenters. The van der Waals surface area contributed by atoms with Gasteiger partial charge >= 0.3 is 6.18 Å². The van der Waals surface area contributed by atoms with Crippen LogP contribution in [0.2, 0.25) is 0 Å². The maximum atomic E-state index is 13.5. The Bertz CT molecular complexity index is 1280. The molecule has 4 rings (SSSR count). The molecule has 1 aliphatic heterocycles. The molecule has 172 valence electrons. The summed E-state index contributed by atoms with van der Waals surface area (Å²) in [5.74, 6) is -0.434. The van der Waals surface area contributed by atoms with Crippen LogP contribution in [0.5, 0.6) is 5.75 Å². The molecule has 1 aromatic heterocycles. The highest BCUT2D eigenvalue weighted by Gasteiger charge is 2.34. The second-order valence-corrected chi connectivity index (χ2v) is 7.28. The number of H-pyrrole nitrogens is 1. The van der Waals surface area contributed by atoms with Crippen molar-refractivity contribution in [1.29, 1.82) is 0 Å². The van der Waals surface area contributed by atoms with Gasteiger partial charge in [0.25, 0.3) is 5.91 Å². The number of nitrogens with one attached hydrogen (secondary N) is 3. The Balaban J connectivity index is 1.54. The van der Waals surface area contributed by atoms with Crippen LogP contribution in [0.4, 0.5) is 29.2 Å². The van der Waals surface area contributed by atoms with Gasteiger partial charge in [0.1, 0.15) is 23.0 Å². The first-order chi connectivity index (χ1) is 15.6. The maximum absolute atomic E-state index is 13.5. The van der Waals surface area contributed by atoms with Gasteiger partial charge in [-0.1, -0.05) is 0 Å². The number of likely N-dealkylation sites (N-methyl/N-ethyl adjacent to an activating group) is 2. The number of rotatable bonds is 5. The van der Waals surface area contributed by atoms with Crippen molar-refractivity contribution >= 4 is 28.6 Å². The fourth-order valence-corrected chi connectivity index (χ4v) is 3.27. The van der Waals surface area contributed by atoms with E-state index in [1.165, 1.54) is 6.07 Å². The first-order valence-electron chi connectivity index (χ1n) is 9.80. The number of hydrogen-bond acceptors (Lipinski definition) is 5. The van der Waals surface area contributed by atoms with Crippen LogP contribution in [0.25, 0.3) is 11.0 Å². The molecule has 0 radical (unpaired) electrons. The first kappa shape index (κ1) is 22.2. The summed E-state index contributed by atoms with van der Waals surface area (Å²) in [6, 6.07) is 7.65. The molecule has 11 heteroatoms. The van der Waals surface area contributed by atoms with Gasteiger partial charge in [0.15, 0.2) is 0 Å². The highest BCUT2D eigenvalue weighted by atomic mass is 19.4. The zero-order valence-electron chi connectivity index (χ0n) is 17.5. The molecule has 2 heterocycles. The third kappa shape index (κ3) is 4.76. The monoisotopic (exact) mass is 461 g/mol. The smallest absolute Gasteiger partial charge is 0.419 e. The Morgan fingerprint density at radius 2 is 2.00 bits per heavy atom. The molecule has 0 aliphatic carbocycles. The minimum atomic E-state index is -4.81. The Kier molecular flexibility index (Phi) is 5.71. The molecule has 0 unspecified atom stereocenters. The van der Waals surface area contributed by atoms with Crippen LogP contribution >= 0.6 is 0 Å². The number of benzene rings is 2. The van der Waals surface area contributed by atoms with E-state index in [0.717, 1.165) is 6.07 Å². The average molecular weight is 461 g/mol. The van der Waals surface area contributed by atoms with E-state index in [1.54, 1.807) is 43.3 Å². The standard InChI is InChI=1S/C22H19F4N5O2/c1-27-20(32)19-11-14(7-8-31(19)2)33-13-4-6-17-18(10-13)30-21(29-17)28-12-3-5-16(23)15(9-12)22(24,25)26/h3-7,9-11H,8H2,1-2H3,(H,27,32)(H2,28,29,30). The summed E-state index contributed by atoms with van der Waals surface area (Å²) in [6.07, 6.45) is -1.36. The largest absolute Gasteiger partial charge is 0.457 e. The number of carbonyl (C=O) groups excluding carboxylic acids is 1. The van der Waals surface area contributed by atoms with Gasteiger partial charge in [-0.25, -0.2) is 9.37 Å². The van der Waals surface area contributed by atoms with E-state index in [9.17, 15) is 22.4 Å². The van der Waals surface area contributed by atoms with Crippen molar-refractivity contribution in [2.75, 3.05) is 26.0 Å². The lowest BCUT2D eigenvalue weighted by Crippen LogP contribution is -2.33. The Morgan fingerprint density at radius 3 is 2.73 bits per heavy atom. The van der Waals surface area contributed by atoms with Gasteiger partial charge < -0.3 is 25.3 Å². The van der Waals surface area contributed by atoms with Crippen molar-refractivity contribution in [3.8, 4) is 5.75 Å². The van der Waals surface area contributed by atoms with Gasteiger partial charge in [-0.2, -0.15) is 13.2 Å². The molecule has 7 nitrogen and oxygen atoms in total. The van der Waals surface area contributed by atoms with Gasteiger partial charge in [-0.05, 0) is 36.4 Å². The number of amides is 1. The number of nitrogens with zero attached hydrogens (tertiary/aromatic N) is 2. The van der Waals surface area contributed by atoms with Crippen molar-refractivity contribution < 1.29 is 27.1 Å². The van der Waals surface area contributed by atoms with Gasteiger partial charge in [0, 0.05) is 38.5 Å². The third-order valence-corrected chi connectivity index (χ3v) is 4.94. The highest BCUT2D eigenvalue weighted by Crippen LogP contribution is 2.33. The van der Waals surface area contributed by atoms with E-state index < -0.39 is 17.6 Å². The lowest BCUT2D eigenvalue weighted by atomic mass is 10.2. The summed E-state index contributed by atoms with van der Waals surface area (Å²) < 4.78 is 58.2. The maximum Gasteiger partial charge on any atom is 0.419 e. The zero-order valence-corrected chi connectivity index (χ0v) is 17.5. The molecule has 0 bridgehead atoms. The molecule has 0 spiro atoms. The number of halogens is 4. The number of aromatic amines is 1. The van der Waals surface area contributed by atoms with Gasteiger partial charge in [-0.15, -0.1) is 0 Å². The van der Waals surface area contributed by atoms with E-state index in [0.29, 0.717) is 40.9 Å². The number of ether oxygens (including phenoxy) is 1. The molecule has 33 heavy (non-hydrogen) atoms. The van der Waals surface area contributed by atoms with Crippen LogP contribution in [0.1, 0.15) is 5.56 Å². The summed E-state index contributed by atoms with van der Waals surface area (Å²) in [4.78, 5) is 21.0. The minimum Gasteiger partial charge on any atom is -0.457 e. The van der Waals surface area contributed by atoms with E-state index in [4.69, 9.17) is 4.74 Å². The van der Waals surface area contributed by atoms with Crippen molar-refractivity contribution in [2.24, 2.45) is 0 Å². The van der Waals surface area contributed by atoms with E-state index in [2.05, 4.69) is 20.6 Å². The van der Waals surface area contributed by atoms with Gasteiger partial charge in [-0.3, -0.25) is 4.79 Å². The molecular formula is C22H19F4N5O2. The Labute approximate surface area is 185 Å². The SMILES string of the molecule is CNC(=O)C1=CC(Oc2ccc3nc(Nc4ccc(F)c(C(F)(F)F)c4)[nH]c3c2)=CCN1C. The van der Waals surface area contributed by atoms with Crippen LogP contribution < -0.4 is 15.4 Å². The number of allylic oxidation sites excluding steroid dienone is 1. The molecule has 0 saturated carbocycles.